The van der Waals surface area contributed by atoms with Crippen LogP contribution in [0, 0.1) is 12.7 Å². The molecular formula is C9H8F4O. The average Bonchev–Trinajstić information content (AvgIpc) is 2.07. The molecule has 0 amide bonds. The van der Waals surface area contributed by atoms with Crippen LogP contribution in [0.15, 0.2) is 18.2 Å². The van der Waals surface area contributed by atoms with E-state index in [9.17, 15) is 17.6 Å². The van der Waals surface area contributed by atoms with Crippen molar-refractivity contribution >= 4 is 0 Å². The van der Waals surface area contributed by atoms with E-state index in [-0.39, 0.29) is 5.56 Å². The fourth-order valence-electron chi connectivity index (χ4n) is 1.06. The van der Waals surface area contributed by atoms with E-state index >= 15 is 0 Å². The van der Waals surface area contributed by atoms with Gasteiger partial charge in [0.25, 0.3) is 0 Å². The number of rotatable bonds is 1. The number of benzene rings is 1. The molecule has 0 bridgehead atoms. The van der Waals surface area contributed by atoms with E-state index in [1.165, 1.54) is 19.1 Å². The summed E-state index contributed by atoms with van der Waals surface area (Å²) in [6, 6.07) is 3.52. The molecule has 0 aliphatic rings. The Bertz CT molecular complexity index is 332. The molecule has 0 aliphatic heterocycles. The highest BCUT2D eigenvalue weighted by Crippen LogP contribution is 2.34. The maximum absolute atomic E-state index is 13.1. The Morgan fingerprint density at radius 1 is 1.29 bits per heavy atom. The molecular weight excluding hydrogens is 200 g/mol. The number of hydrogen-bond donors (Lipinski definition) is 1. The molecule has 78 valence electrons. The average molecular weight is 208 g/mol. The second kappa shape index (κ2) is 3.57. The molecule has 5 heteroatoms. The van der Waals surface area contributed by atoms with Gasteiger partial charge < -0.3 is 5.11 Å². The van der Waals surface area contributed by atoms with Gasteiger partial charge in [-0.3, -0.25) is 0 Å². The van der Waals surface area contributed by atoms with E-state index < -0.39 is 23.7 Å². The third-order valence-electron chi connectivity index (χ3n) is 1.83. The van der Waals surface area contributed by atoms with Crippen LogP contribution in [0.4, 0.5) is 17.6 Å². The first-order chi connectivity index (χ1) is 6.34. The van der Waals surface area contributed by atoms with Crippen LogP contribution in [-0.4, -0.2) is 11.3 Å². The molecule has 1 atom stereocenters. The Balaban J connectivity index is 3.14. The van der Waals surface area contributed by atoms with Gasteiger partial charge in [0.1, 0.15) is 5.82 Å². The van der Waals surface area contributed by atoms with Crippen LogP contribution in [0.25, 0.3) is 0 Å². The van der Waals surface area contributed by atoms with Gasteiger partial charge in [-0.1, -0.05) is 18.2 Å². The lowest BCUT2D eigenvalue weighted by atomic mass is 10.1. The lowest BCUT2D eigenvalue weighted by Gasteiger charge is -2.15. The highest BCUT2D eigenvalue weighted by atomic mass is 19.4. The van der Waals surface area contributed by atoms with Crippen LogP contribution in [-0.2, 0) is 0 Å². The summed E-state index contributed by atoms with van der Waals surface area (Å²) in [5, 5.41) is 8.80. The van der Waals surface area contributed by atoms with E-state index in [2.05, 4.69) is 0 Å². The van der Waals surface area contributed by atoms with Crippen molar-refractivity contribution < 1.29 is 22.7 Å². The molecule has 0 saturated heterocycles. The molecule has 0 radical (unpaired) electrons. The highest BCUT2D eigenvalue weighted by Gasteiger charge is 2.40. The van der Waals surface area contributed by atoms with Gasteiger partial charge in [0.15, 0.2) is 6.10 Å². The summed E-state index contributed by atoms with van der Waals surface area (Å²) in [6.07, 6.45) is -7.60. The summed E-state index contributed by atoms with van der Waals surface area (Å²) in [5.41, 5.74) is -0.664. The minimum atomic E-state index is -4.84. The number of aliphatic hydroxyl groups excluding tert-OH is 1. The van der Waals surface area contributed by atoms with Gasteiger partial charge in [0, 0.05) is 5.56 Å². The lowest BCUT2D eigenvalue weighted by molar-refractivity contribution is -0.207. The summed E-state index contributed by atoms with van der Waals surface area (Å²) in [6.45, 7) is 1.34. The van der Waals surface area contributed by atoms with Crippen molar-refractivity contribution in [3.8, 4) is 0 Å². The van der Waals surface area contributed by atoms with E-state index in [0.29, 0.717) is 0 Å². The number of aryl methyl sites for hydroxylation is 1. The Hall–Kier alpha value is -1.10. The Labute approximate surface area is 78.0 Å². The second-order valence-electron chi connectivity index (χ2n) is 2.92. The molecule has 1 N–H and O–H groups in total. The number of halogens is 4. The van der Waals surface area contributed by atoms with Gasteiger partial charge >= 0.3 is 6.18 Å². The summed E-state index contributed by atoms with van der Waals surface area (Å²) in [7, 11) is 0. The zero-order valence-electron chi connectivity index (χ0n) is 7.27. The maximum atomic E-state index is 13.1. The van der Waals surface area contributed by atoms with Crippen LogP contribution in [0.5, 0.6) is 0 Å². The van der Waals surface area contributed by atoms with Crippen molar-refractivity contribution in [1.29, 1.82) is 0 Å². The Kier molecular flexibility index (Phi) is 2.80. The van der Waals surface area contributed by atoms with Crippen LogP contribution in [0.3, 0.4) is 0 Å². The largest absolute Gasteiger partial charge is 0.418 e. The summed E-state index contributed by atoms with van der Waals surface area (Å²) < 4.78 is 49.2. The molecule has 1 aromatic rings. The SMILES string of the molecule is Cc1cccc([C@@H](O)C(F)(F)F)c1F. The van der Waals surface area contributed by atoms with Crippen LogP contribution < -0.4 is 0 Å². The van der Waals surface area contributed by atoms with Gasteiger partial charge in [-0.15, -0.1) is 0 Å². The quantitative estimate of drug-likeness (QED) is 0.703. The van der Waals surface area contributed by atoms with Gasteiger partial charge in [-0.05, 0) is 12.5 Å². The molecule has 0 heterocycles. The molecule has 14 heavy (non-hydrogen) atoms. The molecule has 0 aromatic heterocycles. The standard InChI is InChI=1S/C9H8F4O/c1-5-3-2-4-6(7(5)10)8(14)9(11,12)13/h2-4,8,14H,1H3/t8-/m1/s1. The van der Waals surface area contributed by atoms with Crippen LogP contribution in [0.2, 0.25) is 0 Å². The third-order valence-corrected chi connectivity index (χ3v) is 1.83. The molecule has 1 aromatic carbocycles. The maximum Gasteiger partial charge on any atom is 0.418 e. The predicted molar refractivity (Wildman–Crippen MR) is 42.2 cm³/mol. The van der Waals surface area contributed by atoms with Crippen molar-refractivity contribution in [2.45, 2.75) is 19.2 Å². The van der Waals surface area contributed by atoms with E-state index in [4.69, 9.17) is 5.11 Å². The van der Waals surface area contributed by atoms with E-state index in [0.717, 1.165) is 6.07 Å². The summed E-state index contributed by atoms with van der Waals surface area (Å²) >= 11 is 0. The zero-order chi connectivity index (χ0) is 10.9. The van der Waals surface area contributed by atoms with E-state index in [1.807, 2.05) is 0 Å². The molecule has 0 aliphatic carbocycles. The van der Waals surface area contributed by atoms with Crippen molar-refractivity contribution in [1.82, 2.24) is 0 Å². The molecule has 1 nitrogen and oxygen atoms in total. The molecule has 0 saturated carbocycles. The van der Waals surface area contributed by atoms with Crippen molar-refractivity contribution in [2.24, 2.45) is 0 Å². The fourth-order valence-corrected chi connectivity index (χ4v) is 1.06. The highest BCUT2D eigenvalue weighted by molar-refractivity contribution is 5.27. The number of hydrogen-bond acceptors (Lipinski definition) is 1. The van der Waals surface area contributed by atoms with Crippen LogP contribution >= 0.6 is 0 Å². The Morgan fingerprint density at radius 2 is 1.86 bits per heavy atom. The normalized spacial score (nSPS) is 14.1. The Morgan fingerprint density at radius 3 is 2.36 bits per heavy atom. The lowest BCUT2D eigenvalue weighted by Crippen LogP contribution is -2.21. The van der Waals surface area contributed by atoms with Gasteiger partial charge in [-0.25, -0.2) is 4.39 Å². The van der Waals surface area contributed by atoms with Crippen LogP contribution in [0.1, 0.15) is 17.2 Å². The molecule has 0 unspecified atom stereocenters. The van der Waals surface area contributed by atoms with Crippen molar-refractivity contribution in [3.63, 3.8) is 0 Å². The van der Waals surface area contributed by atoms with Gasteiger partial charge in [-0.2, -0.15) is 13.2 Å². The number of aliphatic hydroxyl groups is 1. The summed E-state index contributed by atoms with van der Waals surface area (Å²) in [5.74, 6) is -1.02. The third kappa shape index (κ3) is 2.04. The first-order valence-corrected chi connectivity index (χ1v) is 3.84. The molecule has 0 spiro atoms. The minimum Gasteiger partial charge on any atom is -0.379 e. The van der Waals surface area contributed by atoms with Gasteiger partial charge in [0.2, 0.25) is 0 Å². The fraction of sp³-hybridized carbons (Fsp3) is 0.333. The predicted octanol–water partition coefficient (Wildman–Crippen LogP) is 2.73. The monoisotopic (exact) mass is 208 g/mol. The summed E-state index contributed by atoms with van der Waals surface area (Å²) in [4.78, 5) is 0. The van der Waals surface area contributed by atoms with Gasteiger partial charge in [0.05, 0.1) is 0 Å². The smallest absolute Gasteiger partial charge is 0.379 e. The van der Waals surface area contributed by atoms with Crippen molar-refractivity contribution in [3.05, 3.63) is 35.1 Å². The molecule has 0 fully saturated rings. The topological polar surface area (TPSA) is 20.2 Å². The van der Waals surface area contributed by atoms with Crippen molar-refractivity contribution in [2.75, 3.05) is 0 Å². The molecule has 1 rings (SSSR count). The first-order valence-electron chi connectivity index (χ1n) is 3.84. The zero-order valence-corrected chi connectivity index (χ0v) is 7.27. The van der Waals surface area contributed by atoms with E-state index in [1.54, 1.807) is 0 Å². The second-order valence-corrected chi connectivity index (χ2v) is 2.92. The first kappa shape index (κ1) is 11.0. The number of alkyl halides is 3. The minimum absolute atomic E-state index is 0.0748.